The summed E-state index contributed by atoms with van der Waals surface area (Å²) in [5, 5.41) is 8.30. The van der Waals surface area contributed by atoms with E-state index in [-0.39, 0.29) is 6.42 Å². The Labute approximate surface area is 63.1 Å². The van der Waals surface area contributed by atoms with Gasteiger partial charge in [-0.3, -0.25) is 4.79 Å². The Hall–Kier alpha value is -1.52. The second-order valence-corrected chi connectivity index (χ2v) is 1.95. The van der Waals surface area contributed by atoms with Crippen molar-refractivity contribution in [1.82, 2.24) is 15.0 Å². The number of nitrogens with zero attached hydrogens (tertiary/aromatic N) is 3. The Kier molecular flexibility index (Phi) is 2.48. The van der Waals surface area contributed by atoms with Crippen molar-refractivity contribution in [2.75, 3.05) is 0 Å². The van der Waals surface area contributed by atoms with E-state index in [9.17, 15) is 4.79 Å². The Morgan fingerprint density at radius 1 is 1.45 bits per heavy atom. The summed E-state index contributed by atoms with van der Waals surface area (Å²) in [6.07, 6.45) is 3.12. The van der Waals surface area contributed by atoms with Crippen LogP contribution in [0.15, 0.2) is 12.7 Å². The number of hydrogen-bond acceptors (Lipinski definition) is 4. The highest BCUT2D eigenvalue weighted by molar-refractivity contribution is 5.66. The summed E-state index contributed by atoms with van der Waals surface area (Å²) in [5.41, 5.74) is 0. The normalized spacial score (nSPS) is 9.45. The first-order valence-electron chi connectivity index (χ1n) is 3.11. The number of carbonyl (C=O) groups is 1. The van der Waals surface area contributed by atoms with Crippen molar-refractivity contribution in [2.24, 2.45) is 0 Å². The van der Waals surface area contributed by atoms with Gasteiger partial charge in [0.2, 0.25) is 0 Å². The zero-order chi connectivity index (χ0) is 8.10. The van der Waals surface area contributed by atoms with Crippen LogP contribution in [0.4, 0.5) is 0 Å². The summed E-state index contributed by atoms with van der Waals surface area (Å²) >= 11 is 0. The molecule has 0 amide bonds. The molecular weight excluding hydrogens is 146 g/mol. The fourth-order valence-corrected chi connectivity index (χ4v) is 0.611. The van der Waals surface area contributed by atoms with E-state index in [4.69, 9.17) is 5.11 Å². The number of aromatic nitrogens is 3. The van der Waals surface area contributed by atoms with Crippen molar-refractivity contribution in [3.8, 4) is 0 Å². The molecule has 5 nitrogen and oxygen atoms in total. The molecule has 0 saturated carbocycles. The van der Waals surface area contributed by atoms with Gasteiger partial charge >= 0.3 is 5.97 Å². The molecule has 0 radical (unpaired) electrons. The maximum absolute atomic E-state index is 10.1. The van der Waals surface area contributed by atoms with Crippen molar-refractivity contribution in [3.63, 3.8) is 0 Å². The molecule has 0 aliphatic heterocycles. The van der Waals surface area contributed by atoms with Gasteiger partial charge in [-0.25, -0.2) is 15.0 Å². The van der Waals surface area contributed by atoms with E-state index in [1.165, 1.54) is 12.7 Å². The Bertz CT molecular complexity index is 237. The quantitative estimate of drug-likeness (QED) is 0.655. The molecule has 1 aromatic rings. The molecule has 0 fully saturated rings. The fraction of sp³-hybridized carbons (Fsp3) is 0.333. The summed E-state index contributed by atoms with van der Waals surface area (Å²) in [4.78, 5) is 21.2. The number of carboxylic acids is 1. The largest absolute Gasteiger partial charge is 0.481 e. The van der Waals surface area contributed by atoms with Crippen LogP contribution in [0, 0.1) is 0 Å². The lowest BCUT2D eigenvalue weighted by Gasteiger charge is -1.92. The van der Waals surface area contributed by atoms with Gasteiger partial charge in [0.25, 0.3) is 0 Å². The van der Waals surface area contributed by atoms with Crippen molar-refractivity contribution < 1.29 is 9.90 Å². The molecule has 0 bridgehead atoms. The standard InChI is InChI=1S/C6H7N3O2/c10-6(11)2-1-5-8-3-7-4-9-5/h3-4H,1-2H2,(H,10,11). The zero-order valence-electron chi connectivity index (χ0n) is 5.77. The van der Waals surface area contributed by atoms with Crippen LogP contribution < -0.4 is 0 Å². The van der Waals surface area contributed by atoms with Crippen LogP contribution in [-0.2, 0) is 11.2 Å². The molecule has 0 unspecified atom stereocenters. The monoisotopic (exact) mass is 153 g/mol. The van der Waals surface area contributed by atoms with Crippen LogP contribution in [0.1, 0.15) is 12.2 Å². The average molecular weight is 153 g/mol. The minimum atomic E-state index is -0.842. The van der Waals surface area contributed by atoms with Crippen LogP contribution in [0.3, 0.4) is 0 Å². The van der Waals surface area contributed by atoms with Crippen LogP contribution in [0.5, 0.6) is 0 Å². The van der Waals surface area contributed by atoms with Crippen molar-refractivity contribution >= 4 is 5.97 Å². The van der Waals surface area contributed by atoms with E-state index in [1.807, 2.05) is 0 Å². The van der Waals surface area contributed by atoms with Crippen LogP contribution in [0.25, 0.3) is 0 Å². The lowest BCUT2D eigenvalue weighted by atomic mass is 10.3. The SMILES string of the molecule is O=C(O)CCc1ncncn1. The van der Waals surface area contributed by atoms with E-state index in [0.29, 0.717) is 12.2 Å². The first-order valence-corrected chi connectivity index (χ1v) is 3.11. The van der Waals surface area contributed by atoms with Gasteiger partial charge in [-0.15, -0.1) is 0 Å². The fourth-order valence-electron chi connectivity index (χ4n) is 0.611. The summed E-state index contributed by atoms with van der Waals surface area (Å²) in [7, 11) is 0. The summed E-state index contributed by atoms with van der Waals surface area (Å²) in [5.74, 6) is -0.326. The molecule has 1 heterocycles. The number of hydrogen-bond donors (Lipinski definition) is 1. The molecule has 58 valence electrons. The highest BCUT2D eigenvalue weighted by atomic mass is 16.4. The molecule has 0 aromatic carbocycles. The summed E-state index contributed by atoms with van der Waals surface area (Å²) < 4.78 is 0. The minimum absolute atomic E-state index is 0.0595. The van der Waals surface area contributed by atoms with E-state index in [1.54, 1.807) is 0 Å². The molecule has 0 atom stereocenters. The van der Waals surface area contributed by atoms with Gasteiger partial charge in [0, 0.05) is 6.42 Å². The first kappa shape index (κ1) is 7.59. The summed E-state index contributed by atoms with van der Waals surface area (Å²) in [6, 6.07) is 0. The third-order valence-electron chi connectivity index (χ3n) is 1.11. The van der Waals surface area contributed by atoms with Gasteiger partial charge in [-0.05, 0) is 0 Å². The smallest absolute Gasteiger partial charge is 0.303 e. The molecule has 1 rings (SSSR count). The second-order valence-electron chi connectivity index (χ2n) is 1.95. The van der Waals surface area contributed by atoms with Crippen LogP contribution in [0.2, 0.25) is 0 Å². The highest BCUT2D eigenvalue weighted by Crippen LogP contribution is 1.91. The maximum atomic E-state index is 10.1. The second kappa shape index (κ2) is 3.60. The van der Waals surface area contributed by atoms with Crippen molar-refractivity contribution in [3.05, 3.63) is 18.5 Å². The van der Waals surface area contributed by atoms with Gasteiger partial charge in [-0.2, -0.15) is 0 Å². The first-order chi connectivity index (χ1) is 5.29. The molecule has 1 aromatic heterocycles. The van der Waals surface area contributed by atoms with Gasteiger partial charge in [0.1, 0.15) is 18.5 Å². The molecule has 1 N–H and O–H groups in total. The van der Waals surface area contributed by atoms with Gasteiger partial charge in [0.05, 0.1) is 6.42 Å². The Balaban J connectivity index is 2.45. The molecular formula is C6H7N3O2. The minimum Gasteiger partial charge on any atom is -0.481 e. The number of rotatable bonds is 3. The third-order valence-corrected chi connectivity index (χ3v) is 1.11. The van der Waals surface area contributed by atoms with Crippen LogP contribution >= 0.6 is 0 Å². The van der Waals surface area contributed by atoms with Gasteiger partial charge in [0.15, 0.2) is 0 Å². The van der Waals surface area contributed by atoms with Crippen molar-refractivity contribution in [1.29, 1.82) is 0 Å². The lowest BCUT2D eigenvalue weighted by Crippen LogP contribution is -2.01. The van der Waals surface area contributed by atoms with Gasteiger partial charge < -0.3 is 5.11 Å². The third kappa shape index (κ3) is 2.70. The predicted octanol–water partition coefficient (Wildman–Crippen LogP) is -0.111. The zero-order valence-corrected chi connectivity index (χ0v) is 5.77. The number of aryl methyl sites for hydroxylation is 1. The average Bonchev–Trinajstić information content (AvgIpc) is 2.03. The molecule has 11 heavy (non-hydrogen) atoms. The predicted molar refractivity (Wildman–Crippen MR) is 35.8 cm³/mol. The Morgan fingerprint density at radius 3 is 2.64 bits per heavy atom. The number of carboxylic acid groups (broad SMARTS) is 1. The van der Waals surface area contributed by atoms with E-state index >= 15 is 0 Å². The summed E-state index contributed by atoms with van der Waals surface area (Å²) in [6.45, 7) is 0. The van der Waals surface area contributed by atoms with Crippen molar-refractivity contribution in [2.45, 2.75) is 12.8 Å². The van der Waals surface area contributed by atoms with Gasteiger partial charge in [-0.1, -0.05) is 0 Å². The number of aliphatic carboxylic acids is 1. The van der Waals surface area contributed by atoms with E-state index < -0.39 is 5.97 Å². The lowest BCUT2D eigenvalue weighted by molar-refractivity contribution is -0.137. The molecule has 5 heteroatoms. The Morgan fingerprint density at radius 2 is 2.09 bits per heavy atom. The maximum Gasteiger partial charge on any atom is 0.303 e. The van der Waals surface area contributed by atoms with Crippen LogP contribution in [-0.4, -0.2) is 26.0 Å². The molecule has 0 aliphatic rings. The highest BCUT2D eigenvalue weighted by Gasteiger charge is 1.99. The molecule has 0 spiro atoms. The van der Waals surface area contributed by atoms with E-state index in [0.717, 1.165) is 0 Å². The topological polar surface area (TPSA) is 76.0 Å². The van der Waals surface area contributed by atoms with E-state index in [2.05, 4.69) is 15.0 Å². The molecule has 0 saturated heterocycles. The molecule has 0 aliphatic carbocycles.